The van der Waals surface area contributed by atoms with Gasteiger partial charge in [0.15, 0.2) is 0 Å². The Kier molecular flexibility index (Phi) is 5.11. The molecule has 2 aromatic carbocycles. The Hall–Kier alpha value is -2.64. The molecule has 0 saturated carbocycles. The second-order valence-corrected chi connectivity index (χ2v) is 7.80. The Morgan fingerprint density at radius 3 is 2.42 bits per heavy atom. The predicted octanol–water partition coefficient (Wildman–Crippen LogP) is 2.88. The molecule has 8 heteroatoms. The third kappa shape index (κ3) is 4.12. The standard InChI is InChI=1S/C18H16ClN3O3S/c1-13-11-16(22(20-13)15-5-3-2-4-6-15)12-18(23)21-26(24,25)17-9-7-14(19)8-10-17/h2-11H,12H2,1H3,(H,21,23). The number of hydrogen-bond donors (Lipinski definition) is 1. The smallest absolute Gasteiger partial charge is 0.264 e. The number of sulfonamides is 1. The molecule has 6 nitrogen and oxygen atoms in total. The molecule has 134 valence electrons. The summed E-state index contributed by atoms with van der Waals surface area (Å²) < 4.78 is 28.3. The summed E-state index contributed by atoms with van der Waals surface area (Å²) in [4.78, 5) is 12.3. The lowest BCUT2D eigenvalue weighted by atomic mass is 10.2. The quantitative estimate of drug-likeness (QED) is 0.727. The molecule has 0 radical (unpaired) electrons. The maximum Gasteiger partial charge on any atom is 0.264 e. The van der Waals surface area contributed by atoms with Crippen molar-refractivity contribution in [2.45, 2.75) is 18.2 Å². The average Bonchev–Trinajstić information content (AvgIpc) is 2.95. The number of para-hydroxylation sites is 1. The molecule has 0 aliphatic heterocycles. The summed E-state index contributed by atoms with van der Waals surface area (Å²) in [7, 11) is -3.95. The number of amides is 1. The zero-order valence-corrected chi connectivity index (χ0v) is 15.5. The zero-order chi connectivity index (χ0) is 18.7. The van der Waals surface area contributed by atoms with Crippen LogP contribution in [0.3, 0.4) is 0 Å². The molecule has 0 aliphatic rings. The summed E-state index contributed by atoms with van der Waals surface area (Å²) in [5.74, 6) is -0.642. The van der Waals surface area contributed by atoms with E-state index in [-0.39, 0.29) is 11.3 Å². The van der Waals surface area contributed by atoms with Crippen molar-refractivity contribution in [2.75, 3.05) is 0 Å². The molecule has 0 saturated heterocycles. The molecule has 1 N–H and O–H groups in total. The zero-order valence-electron chi connectivity index (χ0n) is 13.9. The number of rotatable bonds is 5. The van der Waals surface area contributed by atoms with E-state index in [4.69, 9.17) is 11.6 Å². The molecule has 0 spiro atoms. The Labute approximate surface area is 156 Å². The van der Waals surface area contributed by atoms with Crippen molar-refractivity contribution in [3.63, 3.8) is 0 Å². The van der Waals surface area contributed by atoms with Crippen LogP contribution >= 0.6 is 11.6 Å². The molecule has 0 aliphatic carbocycles. The normalized spacial score (nSPS) is 11.3. The summed E-state index contributed by atoms with van der Waals surface area (Å²) in [6, 6.07) is 16.7. The van der Waals surface area contributed by atoms with Gasteiger partial charge in [0.1, 0.15) is 0 Å². The highest BCUT2D eigenvalue weighted by atomic mass is 35.5. The van der Waals surface area contributed by atoms with E-state index in [1.165, 1.54) is 24.3 Å². The molecule has 0 atom stereocenters. The first-order valence-corrected chi connectivity index (χ1v) is 9.63. The van der Waals surface area contributed by atoms with Crippen LogP contribution < -0.4 is 4.72 Å². The molecular weight excluding hydrogens is 374 g/mol. The van der Waals surface area contributed by atoms with Gasteiger partial charge < -0.3 is 0 Å². The Balaban J connectivity index is 1.80. The van der Waals surface area contributed by atoms with E-state index in [2.05, 4.69) is 9.82 Å². The van der Waals surface area contributed by atoms with Crippen molar-refractivity contribution in [3.05, 3.63) is 77.1 Å². The first-order valence-electron chi connectivity index (χ1n) is 7.77. The minimum atomic E-state index is -3.95. The molecule has 26 heavy (non-hydrogen) atoms. The average molecular weight is 390 g/mol. The highest BCUT2D eigenvalue weighted by Crippen LogP contribution is 2.15. The highest BCUT2D eigenvalue weighted by Gasteiger charge is 2.19. The molecular formula is C18H16ClN3O3S. The minimum Gasteiger partial charge on any atom is -0.274 e. The molecule has 3 aromatic rings. The summed E-state index contributed by atoms with van der Waals surface area (Å²) in [6.45, 7) is 1.81. The number of carbonyl (C=O) groups is 1. The minimum absolute atomic E-state index is 0.0250. The highest BCUT2D eigenvalue weighted by molar-refractivity contribution is 7.90. The Morgan fingerprint density at radius 2 is 1.77 bits per heavy atom. The van der Waals surface area contributed by atoms with Crippen molar-refractivity contribution in [2.24, 2.45) is 0 Å². The summed E-state index contributed by atoms with van der Waals surface area (Å²) in [6.07, 6.45) is -0.122. The van der Waals surface area contributed by atoms with Gasteiger partial charge >= 0.3 is 0 Å². The molecule has 1 amide bonds. The molecule has 0 unspecified atom stereocenters. The number of aryl methyl sites for hydroxylation is 1. The number of carbonyl (C=O) groups excluding carboxylic acids is 1. The van der Waals surface area contributed by atoms with E-state index in [1.807, 2.05) is 37.3 Å². The van der Waals surface area contributed by atoms with E-state index < -0.39 is 15.9 Å². The van der Waals surface area contributed by atoms with E-state index in [9.17, 15) is 13.2 Å². The maximum absolute atomic E-state index is 12.3. The molecule has 3 rings (SSSR count). The second-order valence-electron chi connectivity index (χ2n) is 5.68. The van der Waals surface area contributed by atoms with Crippen LogP contribution in [0.15, 0.2) is 65.6 Å². The number of benzene rings is 2. The van der Waals surface area contributed by atoms with E-state index in [0.717, 1.165) is 11.4 Å². The SMILES string of the molecule is Cc1cc(CC(=O)NS(=O)(=O)c2ccc(Cl)cc2)n(-c2ccccc2)n1. The van der Waals surface area contributed by atoms with Gasteiger partial charge in [-0.05, 0) is 49.4 Å². The van der Waals surface area contributed by atoms with Crippen molar-refractivity contribution < 1.29 is 13.2 Å². The van der Waals surface area contributed by atoms with Crippen LogP contribution in [0.1, 0.15) is 11.4 Å². The Bertz CT molecular complexity index is 1030. The lowest BCUT2D eigenvalue weighted by Gasteiger charge is -2.09. The first kappa shape index (κ1) is 18.2. The van der Waals surface area contributed by atoms with Crippen molar-refractivity contribution in [1.82, 2.24) is 14.5 Å². The predicted molar refractivity (Wildman–Crippen MR) is 98.8 cm³/mol. The van der Waals surface area contributed by atoms with Crippen LogP contribution in [0.5, 0.6) is 0 Å². The van der Waals surface area contributed by atoms with E-state index in [1.54, 1.807) is 10.7 Å². The van der Waals surface area contributed by atoms with Gasteiger partial charge in [-0.25, -0.2) is 17.8 Å². The fourth-order valence-electron chi connectivity index (χ4n) is 2.49. The molecule has 0 bridgehead atoms. The van der Waals surface area contributed by atoms with Gasteiger partial charge in [-0.3, -0.25) is 4.79 Å². The van der Waals surface area contributed by atoms with Gasteiger partial charge in [-0.2, -0.15) is 5.10 Å². The van der Waals surface area contributed by atoms with Gasteiger partial charge in [0.2, 0.25) is 5.91 Å². The first-order chi connectivity index (χ1) is 12.3. The maximum atomic E-state index is 12.3. The van der Waals surface area contributed by atoms with E-state index >= 15 is 0 Å². The number of nitrogens with one attached hydrogen (secondary N) is 1. The van der Waals surface area contributed by atoms with Crippen LogP contribution in [0.4, 0.5) is 0 Å². The van der Waals surface area contributed by atoms with Crippen LogP contribution in [-0.4, -0.2) is 24.1 Å². The fraction of sp³-hybridized carbons (Fsp3) is 0.111. The third-order valence-electron chi connectivity index (χ3n) is 3.62. The van der Waals surface area contributed by atoms with Crippen LogP contribution in [0, 0.1) is 6.92 Å². The van der Waals surface area contributed by atoms with Crippen molar-refractivity contribution >= 4 is 27.5 Å². The number of aromatic nitrogens is 2. The largest absolute Gasteiger partial charge is 0.274 e. The van der Waals surface area contributed by atoms with E-state index in [0.29, 0.717) is 10.7 Å². The second kappa shape index (κ2) is 7.31. The third-order valence-corrected chi connectivity index (χ3v) is 5.26. The summed E-state index contributed by atoms with van der Waals surface area (Å²) in [5, 5.41) is 4.79. The fourth-order valence-corrected chi connectivity index (χ4v) is 3.61. The lowest BCUT2D eigenvalue weighted by Crippen LogP contribution is -2.32. The monoisotopic (exact) mass is 389 g/mol. The van der Waals surface area contributed by atoms with Crippen LogP contribution in [0.2, 0.25) is 5.02 Å². The number of nitrogens with zero attached hydrogens (tertiary/aromatic N) is 2. The van der Waals surface area contributed by atoms with Crippen LogP contribution in [0.25, 0.3) is 5.69 Å². The number of hydrogen-bond acceptors (Lipinski definition) is 4. The topological polar surface area (TPSA) is 81.1 Å². The van der Waals surface area contributed by atoms with Crippen molar-refractivity contribution in [3.8, 4) is 5.69 Å². The van der Waals surface area contributed by atoms with Gasteiger partial charge in [0, 0.05) is 5.02 Å². The summed E-state index contributed by atoms with van der Waals surface area (Å²) >= 11 is 5.76. The number of halogens is 1. The summed E-state index contributed by atoms with van der Waals surface area (Å²) in [5.41, 5.74) is 2.12. The molecule has 1 aromatic heterocycles. The Morgan fingerprint density at radius 1 is 1.12 bits per heavy atom. The molecule has 1 heterocycles. The van der Waals surface area contributed by atoms with Crippen LogP contribution in [-0.2, 0) is 21.2 Å². The van der Waals surface area contributed by atoms with Gasteiger partial charge in [0.25, 0.3) is 10.0 Å². The van der Waals surface area contributed by atoms with Gasteiger partial charge in [-0.15, -0.1) is 0 Å². The lowest BCUT2D eigenvalue weighted by molar-refractivity contribution is -0.118. The van der Waals surface area contributed by atoms with Gasteiger partial charge in [0.05, 0.1) is 28.4 Å². The van der Waals surface area contributed by atoms with Crippen molar-refractivity contribution in [1.29, 1.82) is 0 Å². The molecule has 0 fully saturated rings. The van der Waals surface area contributed by atoms with Gasteiger partial charge in [-0.1, -0.05) is 29.8 Å².